The van der Waals surface area contributed by atoms with E-state index < -0.39 is 0 Å². The summed E-state index contributed by atoms with van der Waals surface area (Å²) in [6, 6.07) is 0. The van der Waals surface area contributed by atoms with Gasteiger partial charge in [-0.25, -0.2) is 4.99 Å². The number of aliphatic imine (C=N–C) groups is 1. The van der Waals surface area contributed by atoms with Crippen molar-refractivity contribution in [1.29, 1.82) is 0 Å². The molecule has 2 N–H and O–H groups in total. The summed E-state index contributed by atoms with van der Waals surface area (Å²) >= 11 is 0. The summed E-state index contributed by atoms with van der Waals surface area (Å²) in [4.78, 5) is 17.8. The van der Waals surface area contributed by atoms with Gasteiger partial charge in [0.2, 0.25) is 5.91 Å². The molecular weight excluding hydrogens is 320 g/mol. The average molecular weight is 357 g/mol. The Balaban J connectivity index is 2.60. The van der Waals surface area contributed by atoms with Crippen LogP contribution in [0.1, 0.15) is 39.0 Å². The summed E-state index contributed by atoms with van der Waals surface area (Å²) in [6.45, 7) is 5.85. The summed E-state index contributed by atoms with van der Waals surface area (Å²) in [5.74, 6) is 0.662. The average Bonchev–Trinajstić information content (AvgIpc) is 3.06. The van der Waals surface area contributed by atoms with Crippen LogP contribution in [0.25, 0.3) is 0 Å². The zero-order valence-corrected chi connectivity index (χ0v) is 16.4. The molecule has 1 amide bonds. The van der Waals surface area contributed by atoms with Crippen LogP contribution in [-0.4, -0.2) is 77.4 Å². The summed E-state index contributed by atoms with van der Waals surface area (Å²) < 4.78 is 10.7. The van der Waals surface area contributed by atoms with Crippen LogP contribution < -0.4 is 10.6 Å². The van der Waals surface area contributed by atoms with Crippen molar-refractivity contribution in [3.8, 4) is 0 Å². The van der Waals surface area contributed by atoms with E-state index in [4.69, 9.17) is 9.47 Å². The first kappa shape index (κ1) is 21.7. The van der Waals surface area contributed by atoms with E-state index >= 15 is 0 Å². The highest BCUT2D eigenvalue weighted by molar-refractivity contribution is 5.84. The summed E-state index contributed by atoms with van der Waals surface area (Å²) in [5, 5.41) is 6.67. The molecule has 0 bridgehead atoms. The Morgan fingerprint density at radius 3 is 2.52 bits per heavy atom. The maximum Gasteiger partial charge on any atom is 0.243 e. The van der Waals surface area contributed by atoms with Crippen molar-refractivity contribution in [2.24, 2.45) is 10.4 Å². The number of methoxy groups -OCH3 is 1. The van der Waals surface area contributed by atoms with Gasteiger partial charge < -0.3 is 25.0 Å². The normalized spacial score (nSPS) is 16.7. The van der Waals surface area contributed by atoms with Gasteiger partial charge in [-0.3, -0.25) is 4.79 Å². The fourth-order valence-electron chi connectivity index (χ4n) is 3.08. The molecule has 25 heavy (non-hydrogen) atoms. The standard InChI is InChI=1S/C18H36N4O3/c1-5-25-12-10-18(8-6-7-9-18)15-21-17(19-11-13-24-4)20-14-16(23)22(2)3/h5-15H2,1-4H3,(H2,19,20,21). The Bertz CT molecular complexity index is 407. The smallest absolute Gasteiger partial charge is 0.243 e. The van der Waals surface area contributed by atoms with E-state index in [2.05, 4.69) is 15.6 Å². The summed E-state index contributed by atoms with van der Waals surface area (Å²) in [5.41, 5.74) is 0.268. The number of nitrogens with zero attached hydrogens (tertiary/aromatic N) is 2. The molecule has 0 saturated heterocycles. The van der Waals surface area contributed by atoms with Gasteiger partial charge in [-0.05, 0) is 31.6 Å². The van der Waals surface area contributed by atoms with Crippen LogP contribution in [-0.2, 0) is 14.3 Å². The number of amides is 1. The summed E-state index contributed by atoms with van der Waals surface area (Å²) in [6.07, 6.45) is 6.05. The first-order valence-corrected chi connectivity index (χ1v) is 9.32. The second kappa shape index (κ2) is 12.1. The number of hydrogen-bond acceptors (Lipinski definition) is 4. The molecule has 1 fully saturated rings. The first-order valence-electron chi connectivity index (χ1n) is 9.32. The lowest BCUT2D eigenvalue weighted by atomic mass is 9.83. The fraction of sp³-hybridized carbons (Fsp3) is 0.889. The van der Waals surface area contributed by atoms with E-state index in [0.29, 0.717) is 19.1 Å². The van der Waals surface area contributed by atoms with Crippen molar-refractivity contribution in [3.05, 3.63) is 0 Å². The third-order valence-corrected chi connectivity index (χ3v) is 4.75. The Morgan fingerprint density at radius 1 is 1.20 bits per heavy atom. The van der Waals surface area contributed by atoms with Gasteiger partial charge in [0.25, 0.3) is 0 Å². The zero-order valence-electron chi connectivity index (χ0n) is 16.4. The highest BCUT2D eigenvalue weighted by Gasteiger charge is 2.33. The van der Waals surface area contributed by atoms with Crippen LogP contribution in [0, 0.1) is 5.41 Å². The second-order valence-corrected chi connectivity index (χ2v) is 6.88. The molecule has 0 heterocycles. The number of carbonyl (C=O) groups excluding carboxylic acids is 1. The minimum Gasteiger partial charge on any atom is -0.383 e. The van der Waals surface area contributed by atoms with Crippen molar-refractivity contribution in [2.75, 3.05) is 60.7 Å². The van der Waals surface area contributed by atoms with E-state index in [1.54, 1.807) is 26.1 Å². The molecule has 146 valence electrons. The van der Waals surface area contributed by atoms with Gasteiger partial charge in [-0.1, -0.05) is 12.8 Å². The maximum absolute atomic E-state index is 11.8. The fourth-order valence-corrected chi connectivity index (χ4v) is 3.08. The van der Waals surface area contributed by atoms with Gasteiger partial charge in [0.1, 0.15) is 6.54 Å². The highest BCUT2D eigenvalue weighted by Crippen LogP contribution is 2.40. The van der Waals surface area contributed by atoms with Crippen LogP contribution >= 0.6 is 0 Å². The lowest BCUT2D eigenvalue weighted by Gasteiger charge is -2.30. The van der Waals surface area contributed by atoms with Gasteiger partial charge >= 0.3 is 0 Å². The molecule has 0 radical (unpaired) electrons. The molecule has 1 saturated carbocycles. The Kier molecular flexibility index (Phi) is 10.5. The van der Waals surface area contributed by atoms with E-state index in [0.717, 1.165) is 26.2 Å². The van der Waals surface area contributed by atoms with E-state index in [1.165, 1.54) is 25.7 Å². The van der Waals surface area contributed by atoms with Crippen LogP contribution in [0.3, 0.4) is 0 Å². The van der Waals surface area contributed by atoms with Gasteiger partial charge in [-0.2, -0.15) is 0 Å². The van der Waals surface area contributed by atoms with Gasteiger partial charge in [-0.15, -0.1) is 0 Å². The van der Waals surface area contributed by atoms with Gasteiger partial charge in [0, 0.05) is 47.5 Å². The Hall–Kier alpha value is -1.34. The van der Waals surface area contributed by atoms with Gasteiger partial charge in [0.05, 0.1) is 6.61 Å². The second-order valence-electron chi connectivity index (χ2n) is 6.88. The van der Waals surface area contributed by atoms with Crippen LogP contribution in [0.5, 0.6) is 0 Å². The number of guanidine groups is 1. The van der Waals surface area contributed by atoms with Gasteiger partial charge in [0.15, 0.2) is 5.96 Å². The molecule has 0 spiro atoms. The number of hydrogen-bond donors (Lipinski definition) is 2. The van der Waals surface area contributed by atoms with E-state index in [-0.39, 0.29) is 17.9 Å². The van der Waals surface area contributed by atoms with E-state index in [1.807, 2.05) is 6.92 Å². The minimum atomic E-state index is -0.0141. The third-order valence-electron chi connectivity index (χ3n) is 4.75. The predicted molar refractivity (Wildman–Crippen MR) is 101 cm³/mol. The molecule has 0 aromatic carbocycles. The van der Waals surface area contributed by atoms with E-state index in [9.17, 15) is 4.79 Å². The lowest BCUT2D eigenvalue weighted by Crippen LogP contribution is -2.44. The molecular formula is C18H36N4O3. The number of nitrogens with one attached hydrogen (secondary N) is 2. The summed E-state index contributed by atoms with van der Waals surface area (Å²) in [7, 11) is 5.15. The van der Waals surface area contributed by atoms with Crippen LogP contribution in [0.4, 0.5) is 0 Å². The van der Waals surface area contributed by atoms with Crippen LogP contribution in [0.2, 0.25) is 0 Å². The molecule has 7 nitrogen and oxygen atoms in total. The van der Waals surface area contributed by atoms with Crippen molar-refractivity contribution in [1.82, 2.24) is 15.5 Å². The molecule has 1 rings (SSSR count). The number of carbonyl (C=O) groups is 1. The number of ether oxygens (including phenoxy) is 2. The lowest BCUT2D eigenvalue weighted by molar-refractivity contribution is -0.127. The molecule has 7 heteroatoms. The maximum atomic E-state index is 11.8. The molecule has 1 aliphatic rings. The molecule has 0 atom stereocenters. The molecule has 0 unspecified atom stereocenters. The molecule has 0 aromatic rings. The first-order chi connectivity index (χ1) is 12.0. The molecule has 1 aliphatic carbocycles. The zero-order chi connectivity index (χ0) is 18.5. The third kappa shape index (κ3) is 8.54. The van der Waals surface area contributed by atoms with Crippen molar-refractivity contribution in [2.45, 2.75) is 39.0 Å². The Labute approximate surface area is 152 Å². The largest absolute Gasteiger partial charge is 0.383 e. The monoisotopic (exact) mass is 356 g/mol. The molecule has 0 aliphatic heterocycles. The SMILES string of the molecule is CCOCCC1(CNC(=NCC(=O)N(C)C)NCCOC)CCCC1. The Morgan fingerprint density at radius 2 is 1.92 bits per heavy atom. The minimum absolute atomic E-state index is 0.0141. The van der Waals surface area contributed by atoms with Crippen molar-refractivity contribution < 1.29 is 14.3 Å². The van der Waals surface area contributed by atoms with Crippen molar-refractivity contribution >= 4 is 11.9 Å². The van der Waals surface area contributed by atoms with Crippen LogP contribution in [0.15, 0.2) is 4.99 Å². The quantitative estimate of drug-likeness (QED) is 0.331. The van der Waals surface area contributed by atoms with Crippen molar-refractivity contribution in [3.63, 3.8) is 0 Å². The topological polar surface area (TPSA) is 75.2 Å². The predicted octanol–water partition coefficient (Wildman–Crippen LogP) is 1.24. The molecule has 0 aromatic heterocycles. The number of likely N-dealkylation sites (N-methyl/N-ethyl adjacent to an activating group) is 1. The highest BCUT2D eigenvalue weighted by atomic mass is 16.5. The number of rotatable bonds is 11.